The summed E-state index contributed by atoms with van der Waals surface area (Å²) in [6.45, 7) is 7.32. The molecule has 0 fully saturated rings. The second-order valence-electron chi connectivity index (χ2n) is 6.94. The Morgan fingerprint density at radius 2 is 1.93 bits per heavy atom. The molecule has 27 heavy (non-hydrogen) atoms. The molecule has 6 nitrogen and oxygen atoms in total. The van der Waals surface area contributed by atoms with Crippen molar-refractivity contribution in [3.05, 3.63) is 58.5 Å². The smallest absolute Gasteiger partial charge is 0.278 e. The van der Waals surface area contributed by atoms with Crippen LogP contribution in [0.3, 0.4) is 0 Å². The van der Waals surface area contributed by atoms with Crippen LogP contribution in [0.5, 0.6) is 0 Å². The lowest BCUT2D eigenvalue weighted by Crippen LogP contribution is -2.27. The highest BCUT2D eigenvalue weighted by Crippen LogP contribution is 2.17. The normalized spacial score (nSPS) is 11.1. The minimum absolute atomic E-state index is 0.116. The van der Waals surface area contributed by atoms with E-state index in [0.29, 0.717) is 47.0 Å². The van der Waals surface area contributed by atoms with E-state index in [9.17, 15) is 9.59 Å². The summed E-state index contributed by atoms with van der Waals surface area (Å²) < 4.78 is 1.67. The number of fused-ring (bicyclic) bond motifs is 1. The summed E-state index contributed by atoms with van der Waals surface area (Å²) in [6, 6.07) is 10.7. The van der Waals surface area contributed by atoms with Crippen LogP contribution in [-0.4, -0.2) is 27.0 Å². The fourth-order valence-corrected chi connectivity index (χ4v) is 2.87. The van der Waals surface area contributed by atoms with Gasteiger partial charge in [0.25, 0.3) is 11.5 Å². The van der Waals surface area contributed by atoms with Crippen molar-refractivity contribution in [2.45, 2.75) is 33.7 Å². The van der Waals surface area contributed by atoms with Crippen molar-refractivity contribution in [2.24, 2.45) is 5.92 Å². The van der Waals surface area contributed by atoms with Gasteiger partial charge in [0.2, 0.25) is 0 Å². The maximum atomic E-state index is 13.0. The molecule has 0 radical (unpaired) electrons. The van der Waals surface area contributed by atoms with E-state index in [2.05, 4.69) is 15.3 Å². The first kappa shape index (κ1) is 18.8. The van der Waals surface area contributed by atoms with Crippen LogP contribution in [0.15, 0.2) is 47.4 Å². The maximum absolute atomic E-state index is 13.0. The first-order chi connectivity index (χ1) is 13.0. The van der Waals surface area contributed by atoms with Gasteiger partial charge in [0.15, 0.2) is 5.65 Å². The molecular weight excluding hydrogens is 340 g/mol. The molecular formula is C21H24N4O2. The molecule has 1 N–H and O–H groups in total. The van der Waals surface area contributed by atoms with Crippen molar-refractivity contribution in [3.63, 3.8) is 0 Å². The molecule has 0 saturated carbocycles. The van der Waals surface area contributed by atoms with Crippen molar-refractivity contribution in [2.75, 3.05) is 6.54 Å². The van der Waals surface area contributed by atoms with E-state index in [-0.39, 0.29) is 11.5 Å². The molecule has 0 saturated heterocycles. The van der Waals surface area contributed by atoms with Gasteiger partial charge in [-0.2, -0.15) is 0 Å². The number of carbonyl (C=O) groups excluding carboxylic acids is 1. The molecule has 6 heteroatoms. The lowest BCUT2D eigenvalue weighted by Gasteiger charge is -2.11. The standard InChI is InChI=1S/C21H24N4O2/c1-4-12-25-19-17(6-5-11-22-19)24-18(21(25)27)15-7-9-16(10-8-15)20(26)23-13-14(2)3/h5-11,14H,4,12-13H2,1-3H3,(H,23,26). The van der Waals surface area contributed by atoms with E-state index >= 15 is 0 Å². The van der Waals surface area contributed by atoms with Crippen LogP contribution in [0.25, 0.3) is 22.4 Å². The number of aryl methyl sites for hydroxylation is 1. The Kier molecular flexibility index (Phi) is 5.64. The number of amides is 1. The van der Waals surface area contributed by atoms with Crippen LogP contribution in [0, 0.1) is 5.92 Å². The molecule has 0 atom stereocenters. The number of hydrogen-bond donors (Lipinski definition) is 1. The van der Waals surface area contributed by atoms with Crippen LogP contribution in [0.2, 0.25) is 0 Å². The van der Waals surface area contributed by atoms with Crippen LogP contribution < -0.4 is 10.9 Å². The van der Waals surface area contributed by atoms with Crippen molar-refractivity contribution < 1.29 is 4.79 Å². The molecule has 1 aromatic carbocycles. The lowest BCUT2D eigenvalue weighted by molar-refractivity contribution is 0.0949. The van der Waals surface area contributed by atoms with Crippen LogP contribution in [-0.2, 0) is 6.54 Å². The highest BCUT2D eigenvalue weighted by molar-refractivity contribution is 5.94. The first-order valence-corrected chi connectivity index (χ1v) is 9.25. The van der Waals surface area contributed by atoms with Gasteiger partial charge in [-0.15, -0.1) is 0 Å². The predicted octanol–water partition coefficient (Wildman–Crippen LogP) is 3.25. The van der Waals surface area contributed by atoms with Gasteiger partial charge in [-0.25, -0.2) is 9.97 Å². The van der Waals surface area contributed by atoms with E-state index in [4.69, 9.17) is 0 Å². The maximum Gasteiger partial charge on any atom is 0.278 e. The number of aromatic nitrogens is 3. The monoisotopic (exact) mass is 364 g/mol. The van der Waals surface area contributed by atoms with Crippen molar-refractivity contribution >= 4 is 17.1 Å². The number of pyridine rings is 1. The van der Waals surface area contributed by atoms with E-state index in [0.717, 1.165) is 6.42 Å². The minimum atomic E-state index is -0.167. The van der Waals surface area contributed by atoms with Gasteiger partial charge in [0.1, 0.15) is 11.2 Å². The van der Waals surface area contributed by atoms with E-state index in [1.165, 1.54) is 0 Å². The zero-order chi connectivity index (χ0) is 19.4. The van der Waals surface area contributed by atoms with Crippen LogP contribution in [0.1, 0.15) is 37.6 Å². The third-order valence-corrected chi connectivity index (χ3v) is 4.24. The lowest BCUT2D eigenvalue weighted by atomic mass is 10.1. The second-order valence-corrected chi connectivity index (χ2v) is 6.94. The molecule has 2 heterocycles. The molecule has 1 amide bonds. The molecule has 3 aromatic rings. The molecule has 2 aromatic heterocycles. The van der Waals surface area contributed by atoms with E-state index < -0.39 is 0 Å². The van der Waals surface area contributed by atoms with Gasteiger partial charge in [0, 0.05) is 30.4 Å². The first-order valence-electron chi connectivity index (χ1n) is 9.25. The molecule has 0 aliphatic heterocycles. The third kappa shape index (κ3) is 4.05. The molecule has 3 rings (SSSR count). The van der Waals surface area contributed by atoms with E-state index in [1.54, 1.807) is 35.0 Å². The summed E-state index contributed by atoms with van der Waals surface area (Å²) in [6.07, 6.45) is 2.49. The van der Waals surface area contributed by atoms with E-state index in [1.807, 2.05) is 32.9 Å². The zero-order valence-corrected chi connectivity index (χ0v) is 15.9. The Balaban J connectivity index is 1.99. The predicted molar refractivity (Wildman–Crippen MR) is 107 cm³/mol. The largest absolute Gasteiger partial charge is 0.352 e. The van der Waals surface area contributed by atoms with Gasteiger partial charge in [0.05, 0.1) is 0 Å². The number of carbonyl (C=O) groups is 1. The number of benzene rings is 1. The number of nitrogens with zero attached hydrogens (tertiary/aromatic N) is 3. The van der Waals surface area contributed by atoms with Gasteiger partial charge >= 0.3 is 0 Å². The van der Waals surface area contributed by atoms with Crippen molar-refractivity contribution in [1.29, 1.82) is 0 Å². The summed E-state index contributed by atoms with van der Waals surface area (Å²) in [5.74, 6) is 0.273. The molecule has 140 valence electrons. The van der Waals surface area contributed by atoms with Crippen molar-refractivity contribution in [1.82, 2.24) is 19.9 Å². The summed E-state index contributed by atoms with van der Waals surface area (Å²) in [7, 11) is 0. The third-order valence-electron chi connectivity index (χ3n) is 4.24. The Morgan fingerprint density at radius 1 is 1.19 bits per heavy atom. The Hall–Kier alpha value is -3.02. The number of nitrogens with one attached hydrogen (secondary N) is 1. The van der Waals surface area contributed by atoms with Gasteiger partial charge in [-0.1, -0.05) is 32.9 Å². The summed E-state index contributed by atoms with van der Waals surface area (Å²) in [5, 5.41) is 2.89. The molecule has 0 aliphatic carbocycles. The summed E-state index contributed by atoms with van der Waals surface area (Å²) in [5.41, 5.74) is 2.74. The highest BCUT2D eigenvalue weighted by atomic mass is 16.1. The van der Waals surface area contributed by atoms with Gasteiger partial charge in [-0.3, -0.25) is 14.2 Å². The second kappa shape index (κ2) is 8.12. The fraction of sp³-hybridized carbons (Fsp3) is 0.333. The molecule has 0 aliphatic rings. The van der Waals surface area contributed by atoms with Crippen molar-refractivity contribution in [3.8, 4) is 11.3 Å². The average Bonchev–Trinajstić information content (AvgIpc) is 2.68. The fourth-order valence-electron chi connectivity index (χ4n) is 2.87. The van der Waals surface area contributed by atoms with Crippen LogP contribution in [0.4, 0.5) is 0 Å². The zero-order valence-electron chi connectivity index (χ0n) is 15.9. The summed E-state index contributed by atoms with van der Waals surface area (Å²) in [4.78, 5) is 34.0. The Labute approximate surface area is 158 Å². The Morgan fingerprint density at radius 3 is 2.59 bits per heavy atom. The highest BCUT2D eigenvalue weighted by Gasteiger charge is 2.14. The number of rotatable bonds is 6. The van der Waals surface area contributed by atoms with Gasteiger partial charge in [-0.05, 0) is 36.6 Å². The molecule has 0 spiro atoms. The topological polar surface area (TPSA) is 76.9 Å². The molecule has 0 bridgehead atoms. The minimum Gasteiger partial charge on any atom is -0.352 e. The summed E-state index contributed by atoms with van der Waals surface area (Å²) >= 11 is 0. The Bertz CT molecular complexity index is 1010. The number of hydrogen-bond acceptors (Lipinski definition) is 4. The quantitative estimate of drug-likeness (QED) is 0.728. The molecule has 0 unspecified atom stereocenters. The van der Waals surface area contributed by atoms with Crippen LogP contribution >= 0.6 is 0 Å². The SMILES string of the molecule is CCCn1c(=O)c(-c2ccc(C(=O)NCC(C)C)cc2)nc2cccnc21. The van der Waals surface area contributed by atoms with Gasteiger partial charge < -0.3 is 5.32 Å². The average molecular weight is 364 g/mol.